The van der Waals surface area contributed by atoms with Crippen LogP contribution in [-0.4, -0.2) is 356 Å². The molecule has 2 heterocycles. The molecule has 0 aliphatic rings. The zero-order valence-corrected chi connectivity index (χ0v) is 62.9. The number of nitrogens with one attached hydrogen (secondary N) is 12. The van der Waals surface area contributed by atoms with E-state index in [0.29, 0.717) is 11.4 Å². The first-order chi connectivity index (χ1) is 54.1. The Morgan fingerprint density at radius 3 is 1.16 bits per heavy atom. The van der Waals surface area contributed by atoms with Gasteiger partial charge < -0.3 is 156 Å². The van der Waals surface area contributed by atoms with Crippen molar-refractivity contribution >= 4 is 112 Å². The molecule has 0 spiro atoms. The number of carboxylic acid groups (broad SMARTS) is 3. The number of aliphatic hydroxyl groups is 15. The van der Waals surface area contributed by atoms with Crippen LogP contribution in [0.4, 0.5) is 11.6 Å². The number of aliphatic carboxylic acids is 3. The normalized spacial score (nSPS) is 16.4. The van der Waals surface area contributed by atoms with Crippen LogP contribution in [0.25, 0.3) is 11.2 Å². The first-order valence-corrected chi connectivity index (χ1v) is 37.0. The van der Waals surface area contributed by atoms with E-state index in [1.165, 1.54) is 31.5 Å². The minimum atomic E-state index is -2.22. The average molecular weight is 1660 g/mol. The number of hydrogen-bond acceptors (Lipinski definition) is 35. The molecular formula is C66H102N16O32S. The van der Waals surface area contributed by atoms with Crippen LogP contribution in [0.2, 0.25) is 0 Å². The van der Waals surface area contributed by atoms with E-state index in [1.54, 1.807) is 12.1 Å². The van der Waals surface area contributed by atoms with Gasteiger partial charge in [-0.05, 0) is 76.0 Å². The van der Waals surface area contributed by atoms with Gasteiger partial charge in [-0.1, -0.05) is 0 Å². The van der Waals surface area contributed by atoms with Crippen LogP contribution in [0.3, 0.4) is 0 Å². The smallest absolute Gasteiger partial charge is 0.327 e. The highest BCUT2D eigenvalue weighted by Gasteiger charge is 2.38. The maximum absolute atomic E-state index is 14.6. The maximum Gasteiger partial charge on any atom is 0.327 e. The van der Waals surface area contributed by atoms with E-state index in [9.17, 15) is 154 Å². The fourth-order valence-corrected chi connectivity index (χ4v) is 10.9. The van der Waals surface area contributed by atoms with Gasteiger partial charge in [0.15, 0.2) is 11.2 Å². The molecule has 1 aromatic carbocycles. The lowest BCUT2D eigenvalue weighted by atomic mass is 10.0. The van der Waals surface area contributed by atoms with Gasteiger partial charge in [-0.2, -0.15) is 16.7 Å². The highest BCUT2D eigenvalue weighted by Crippen LogP contribution is 2.16. The number of hydrogen-bond donors (Lipinski definition) is 31. The Morgan fingerprint density at radius 1 is 0.452 bits per heavy atom. The molecular weight excluding hydrogens is 1560 g/mol. The molecule has 2 aromatic heterocycles. The van der Waals surface area contributed by atoms with Gasteiger partial charge in [0.2, 0.25) is 59.1 Å². The van der Waals surface area contributed by atoms with E-state index in [2.05, 4.69) is 78.4 Å². The van der Waals surface area contributed by atoms with Crippen molar-refractivity contribution in [3.05, 3.63) is 52.1 Å². The number of carbonyl (C=O) groups is 13. The second-order valence-corrected chi connectivity index (χ2v) is 27.2. The zero-order chi connectivity index (χ0) is 86.5. The SMILES string of the molecule is CSC[C@@H](NC(=O)[C@H](CCC(=O)NC[C@H](O)[C@@H](O)[C@H](O)[C@H](O)CO)NC(=O)[C@@H](CCC(=O)O)NC(=O)[C@H](CCC(=O)NC[C@H](O)[C@@H](O)[C@H](O)[C@H](O)CO)NC(=O)[C@@H](CCC(=O)O)NC(=O)[C@H](CCC(=O)NC[C@H](O)[C@@H](O)[C@H](O)[C@H](O)CO)NC(=O)CC[C@@H](C)NC(=O)c1ccc(NCc2cnc3nc(N)[nH]c(=O)c3n2)cc1)C(=O)O. The number of aliphatic hydroxyl groups excluding tert-OH is 15. The molecule has 0 fully saturated rings. The molecule has 115 heavy (non-hydrogen) atoms. The first-order valence-electron chi connectivity index (χ1n) is 35.6. The van der Waals surface area contributed by atoms with Gasteiger partial charge in [0, 0.05) is 81.2 Å². The highest BCUT2D eigenvalue weighted by molar-refractivity contribution is 7.98. The molecule has 0 saturated carbocycles. The molecule has 644 valence electrons. The Bertz CT molecular complexity index is 3780. The lowest BCUT2D eigenvalue weighted by molar-refractivity contribution is -0.142. The summed E-state index contributed by atoms with van der Waals surface area (Å²) in [5.41, 5.74) is 5.94. The van der Waals surface area contributed by atoms with Crippen molar-refractivity contribution in [1.82, 2.24) is 73.1 Å². The number of fused-ring (bicyclic) bond motifs is 1. The third kappa shape index (κ3) is 34.9. The van der Waals surface area contributed by atoms with E-state index in [0.717, 1.165) is 11.8 Å². The number of carbonyl (C=O) groups excluding carboxylic acids is 10. The summed E-state index contributed by atoms with van der Waals surface area (Å²) in [6, 6.07) is -6.80. The summed E-state index contributed by atoms with van der Waals surface area (Å²) in [5, 5.41) is 204. The monoisotopic (exact) mass is 1660 g/mol. The van der Waals surface area contributed by atoms with Crippen LogP contribution in [0.15, 0.2) is 35.3 Å². The first kappa shape index (κ1) is 99.1. The van der Waals surface area contributed by atoms with Gasteiger partial charge in [0.25, 0.3) is 11.5 Å². The fraction of sp³-hybridized carbons (Fsp3) is 0.621. The minimum absolute atomic E-state index is 0.0245. The maximum atomic E-state index is 14.6. The van der Waals surface area contributed by atoms with Crippen molar-refractivity contribution in [1.29, 1.82) is 0 Å². The second-order valence-electron chi connectivity index (χ2n) is 26.3. The Balaban J connectivity index is 2.03. The third-order valence-corrected chi connectivity index (χ3v) is 17.9. The largest absolute Gasteiger partial charge is 0.481 e. The van der Waals surface area contributed by atoms with Crippen molar-refractivity contribution < 1.29 is 154 Å². The zero-order valence-electron chi connectivity index (χ0n) is 62.1. The molecule has 19 atom stereocenters. The fourth-order valence-electron chi connectivity index (χ4n) is 10.4. The van der Waals surface area contributed by atoms with E-state index in [1.807, 2.05) is 0 Å². The highest BCUT2D eigenvalue weighted by atomic mass is 32.2. The van der Waals surface area contributed by atoms with Crippen molar-refractivity contribution in [2.75, 3.05) is 62.5 Å². The summed E-state index contributed by atoms with van der Waals surface area (Å²) in [6.45, 7) is -4.20. The van der Waals surface area contributed by atoms with Crippen LogP contribution >= 0.6 is 11.8 Å². The topological polar surface area (TPSA) is 816 Å². The molecule has 0 saturated heterocycles. The molecule has 0 aliphatic heterocycles. The number of nitrogens with zero attached hydrogens (tertiary/aromatic N) is 3. The molecule has 10 amide bonds. The van der Waals surface area contributed by atoms with Gasteiger partial charge in [0.05, 0.1) is 56.6 Å². The number of anilines is 2. The van der Waals surface area contributed by atoms with Crippen LogP contribution < -0.4 is 69.8 Å². The molecule has 0 radical (unpaired) electrons. The number of thioether (sulfide) groups is 1. The van der Waals surface area contributed by atoms with Crippen LogP contribution in [0.5, 0.6) is 0 Å². The quantitative estimate of drug-likeness (QED) is 0.0249. The van der Waals surface area contributed by atoms with Crippen LogP contribution in [0.1, 0.15) is 100 Å². The number of carboxylic acids is 3. The van der Waals surface area contributed by atoms with E-state index < -0.39 is 308 Å². The number of amides is 10. The number of aromatic nitrogens is 4. The molecule has 3 rings (SSSR count). The van der Waals surface area contributed by atoms with Crippen LogP contribution in [-0.2, 0) is 64.1 Å². The summed E-state index contributed by atoms with van der Waals surface area (Å²) in [4.78, 5) is 202. The second kappa shape index (κ2) is 50.3. The number of nitrogens with two attached hydrogens (primary N) is 1. The molecule has 49 heteroatoms. The number of aromatic amines is 1. The number of nitrogen functional groups attached to an aromatic ring is 1. The van der Waals surface area contributed by atoms with Gasteiger partial charge in [0.1, 0.15) is 91.2 Å². The predicted octanol–water partition coefficient (Wildman–Crippen LogP) is -13.1. The summed E-state index contributed by atoms with van der Waals surface area (Å²) in [7, 11) is 0. The standard InChI is InChI=1S/C66H102N16O32S/c1-28(73-58(106)29-4-6-30(7-5-29)68-19-31-20-72-57-50(74-31)64(112)82-66(67)81-57)3-13-47(95)75-32(8-14-44(92)69-21-38(86)51(100)54(103)41(89)24-83)59(107)78-35(11-17-48(96)97)61(109)76-33(9-15-45(93)70-22-39(87)52(101)55(104)42(90)25-84)60(108)79-36(12-18-49(98)99)62(110)77-34(63(111)80-37(27-115-2)65(113)114)10-16-46(94)71-23-40(88)53(102)56(105)43(91)26-85/h4-7,20,28,32-43,51-56,68,83-91,100-105H,3,8-19,21-27H2,1-2H3,(H,69,92)(H,70,93)(H,71,94)(H,73,106)(H,75,95)(H,76,109)(H,77,110)(H,78,107)(H,79,108)(H,80,111)(H,96,97)(H,98,99)(H,113,114)(H3,67,72,81,82,112)/t28-,32+,33+,34+,35-,36-,37-,38+,39+,40+,41-,42-,43-,51-,52-,53-,54-,55-,56-/m1/s1. The van der Waals surface area contributed by atoms with Crippen LogP contribution in [0, 0.1) is 0 Å². The van der Waals surface area contributed by atoms with Gasteiger partial charge in [-0.15, -0.1) is 0 Å². The van der Waals surface area contributed by atoms with E-state index >= 15 is 0 Å². The molecule has 3 aromatic rings. The Hall–Kier alpha value is -10.1. The lowest BCUT2D eigenvalue weighted by Crippen LogP contribution is -2.60. The van der Waals surface area contributed by atoms with E-state index in [4.69, 9.17) is 10.8 Å². The Labute approximate surface area is 657 Å². The van der Waals surface area contributed by atoms with E-state index in [-0.39, 0.29) is 41.4 Å². The molecule has 0 unspecified atom stereocenters. The Morgan fingerprint density at radius 2 is 0.800 bits per heavy atom. The molecule has 0 bridgehead atoms. The average Bonchev–Trinajstić information content (AvgIpc) is 0.811. The summed E-state index contributed by atoms with van der Waals surface area (Å²) in [6.07, 6.45) is -31.3. The number of rotatable bonds is 55. The van der Waals surface area contributed by atoms with Crippen molar-refractivity contribution in [3.63, 3.8) is 0 Å². The minimum Gasteiger partial charge on any atom is -0.481 e. The predicted molar refractivity (Wildman–Crippen MR) is 394 cm³/mol. The third-order valence-electron chi connectivity index (χ3n) is 17.2. The van der Waals surface area contributed by atoms with Gasteiger partial charge >= 0.3 is 17.9 Å². The van der Waals surface area contributed by atoms with Gasteiger partial charge in [-0.25, -0.2) is 14.8 Å². The number of benzene rings is 1. The molecule has 0 aliphatic carbocycles. The molecule has 48 nitrogen and oxygen atoms in total. The van der Waals surface area contributed by atoms with Gasteiger partial charge in [-0.3, -0.25) is 67.3 Å². The summed E-state index contributed by atoms with van der Waals surface area (Å²) >= 11 is 0.939. The Kier molecular flexibility index (Phi) is 43.3. The van der Waals surface area contributed by atoms with Crippen molar-refractivity contribution in [2.45, 2.75) is 206 Å². The van der Waals surface area contributed by atoms with Crippen molar-refractivity contribution in [3.8, 4) is 0 Å². The summed E-state index contributed by atoms with van der Waals surface area (Å²) in [5.74, 6) is -17.2. The van der Waals surface area contributed by atoms with Crippen molar-refractivity contribution in [2.24, 2.45) is 0 Å². The summed E-state index contributed by atoms with van der Waals surface area (Å²) < 4.78 is 0. The number of H-pyrrole nitrogens is 1. The molecule has 32 N–H and O–H groups in total. The lowest BCUT2D eigenvalue weighted by Gasteiger charge is -2.28.